The summed E-state index contributed by atoms with van der Waals surface area (Å²) in [6, 6.07) is 21.5. The Morgan fingerprint density at radius 3 is 2.41 bits per heavy atom. The molecule has 2 amide bonds. The van der Waals surface area contributed by atoms with Gasteiger partial charge in [0, 0.05) is 18.7 Å². The van der Waals surface area contributed by atoms with Crippen molar-refractivity contribution in [1.82, 2.24) is 9.80 Å². The van der Waals surface area contributed by atoms with E-state index in [0.29, 0.717) is 36.6 Å². The molecule has 0 bridgehead atoms. The van der Waals surface area contributed by atoms with E-state index in [4.69, 9.17) is 9.47 Å². The molecular formula is C28H26N2O4. The summed E-state index contributed by atoms with van der Waals surface area (Å²) in [7, 11) is 3.25. The Kier molecular flexibility index (Phi) is 4.66. The number of likely N-dealkylation sites (tertiary alicyclic amines) is 1. The first kappa shape index (κ1) is 20.8. The molecule has 34 heavy (non-hydrogen) atoms. The largest absolute Gasteiger partial charge is 0.493 e. The first-order valence-electron chi connectivity index (χ1n) is 11.6. The molecule has 1 fully saturated rings. The van der Waals surface area contributed by atoms with Crippen molar-refractivity contribution in [3.63, 3.8) is 0 Å². The first-order chi connectivity index (χ1) is 16.6. The van der Waals surface area contributed by atoms with Crippen LogP contribution in [0, 0.1) is 0 Å². The van der Waals surface area contributed by atoms with Crippen molar-refractivity contribution < 1.29 is 19.1 Å². The van der Waals surface area contributed by atoms with Crippen molar-refractivity contribution in [2.45, 2.75) is 31.0 Å². The minimum atomic E-state index is -0.746. The van der Waals surface area contributed by atoms with E-state index in [1.165, 1.54) is 0 Å². The summed E-state index contributed by atoms with van der Waals surface area (Å²) in [5.74, 6) is 1.33. The Morgan fingerprint density at radius 1 is 0.941 bits per heavy atom. The van der Waals surface area contributed by atoms with Gasteiger partial charge in [-0.3, -0.25) is 9.59 Å². The van der Waals surface area contributed by atoms with E-state index in [9.17, 15) is 9.59 Å². The zero-order valence-corrected chi connectivity index (χ0v) is 19.3. The maximum absolute atomic E-state index is 13.7. The molecule has 6 rings (SSSR count). The topological polar surface area (TPSA) is 59.1 Å². The predicted octanol–water partition coefficient (Wildman–Crippen LogP) is 4.08. The summed E-state index contributed by atoms with van der Waals surface area (Å²) >= 11 is 0. The van der Waals surface area contributed by atoms with Crippen molar-refractivity contribution in [1.29, 1.82) is 0 Å². The van der Waals surface area contributed by atoms with Gasteiger partial charge in [-0.1, -0.05) is 48.5 Å². The fourth-order valence-electron chi connectivity index (χ4n) is 6.16. The molecule has 0 aliphatic carbocycles. The van der Waals surface area contributed by atoms with Gasteiger partial charge in [-0.15, -0.1) is 0 Å². The second-order valence-electron chi connectivity index (χ2n) is 9.17. The molecule has 3 aliphatic rings. The van der Waals surface area contributed by atoms with Gasteiger partial charge in [0.15, 0.2) is 11.5 Å². The van der Waals surface area contributed by atoms with Gasteiger partial charge < -0.3 is 19.3 Å². The van der Waals surface area contributed by atoms with Crippen LogP contribution in [-0.2, 0) is 23.3 Å². The Hall–Kier alpha value is -3.80. The van der Waals surface area contributed by atoms with Gasteiger partial charge in [-0.25, -0.2) is 0 Å². The lowest BCUT2D eigenvalue weighted by Crippen LogP contribution is -2.47. The van der Waals surface area contributed by atoms with Crippen molar-refractivity contribution in [3.8, 4) is 11.5 Å². The molecule has 1 spiro atoms. The molecule has 3 heterocycles. The third-order valence-corrected chi connectivity index (χ3v) is 7.60. The molecule has 3 aliphatic heterocycles. The van der Waals surface area contributed by atoms with Crippen LogP contribution >= 0.6 is 0 Å². The minimum Gasteiger partial charge on any atom is -0.493 e. The van der Waals surface area contributed by atoms with Crippen molar-refractivity contribution in [2.24, 2.45) is 0 Å². The number of rotatable bonds is 4. The van der Waals surface area contributed by atoms with Crippen molar-refractivity contribution in [2.75, 3.05) is 20.8 Å². The van der Waals surface area contributed by atoms with E-state index in [1.54, 1.807) is 14.2 Å². The molecule has 0 saturated carbocycles. The Morgan fingerprint density at radius 2 is 1.65 bits per heavy atom. The van der Waals surface area contributed by atoms with Crippen LogP contribution < -0.4 is 9.47 Å². The Balaban J connectivity index is 1.61. The van der Waals surface area contributed by atoms with Crippen LogP contribution in [0.5, 0.6) is 11.5 Å². The average molecular weight is 455 g/mol. The lowest BCUT2D eigenvalue weighted by Gasteiger charge is -2.40. The third-order valence-electron chi connectivity index (χ3n) is 7.60. The molecule has 0 N–H and O–H groups in total. The molecule has 1 saturated heterocycles. The number of methoxy groups -OCH3 is 2. The number of hydrogen-bond donors (Lipinski definition) is 0. The molecule has 3 aromatic carbocycles. The SMILES string of the molecule is COc1cc2c(cc1OC)[C@@H]1N(Cc3ccccc3)C(=O)C[C@@]13c1ccccc1C(=O)N3CC2. The van der Waals surface area contributed by atoms with Gasteiger partial charge in [0.05, 0.1) is 26.7 Å². The fraction of sp³-hybridized carbons (Fsp3) is 0.286. The number of amides is 2. The number of benzene rings is 3. The molecule has 3 aromatic rings. The Labute approximate surface area is 198 Å². The van der Waals surface area contributed by atoms with E-state index in [-0.39, 0.29) is 24.3 Å². The zero-order chi connectivity index (χ0) is 23.4. The average Bonchev–Trinajstić information content (AvgIpc) is 3.22. The van der Waals surface area contributed by atoms with E-state index in [2.05, 4.69) is 0 Å². The Bertz CT molecular complexity index is 1310. The second-order valence-corrected chi connectivity index (χ2v) is 9.17. The lowest BCUT2D eigenvalue weighted by molar-refractivity contribution is -0.129. The van der Waals surface area contributed by atoms with E-state index >= 15 is 0 Å². The molecule has 2 atom stereocenters. The van der Waals surface area contributed by atoms with Gasteiger partial charge in [0.1, 0.15) is 5.54 Å². The van der Waals surface area contributed by atoms with Crippen molar-refractivity contribution in [3.05, 3.63) is 94.5 Å². The highest BCUT2D eigenvalue weighted by atomic mass is 16.5. The summed E-state index contributed by atoms with van der Waals surface area (Å²) in [6.45, 7) is 1.02. The van der Waals surface area contributed by atoms with Crippen LogP contribution in [0.15, 0.2) is 66.7 Å². The number of fused-ring (bicyclic) bond motifs is 3. The maximum atomic E-state index is 13.7. The summed E-state index contributed by atoms with van der Waals surface area (Å²) < 4.78 is 11.2. The highest BCUT2D eigenvalue weighted by Crippen LogP contribution is 2.59. The fourth-order valence-corrected chi connectivity index (χ4v) is 6.16. The van der Waals surface area contributed by atoms with Crippen molar-refractivity contribution >= 4 is 11.8 Å². The smallest absolute Gasteiger partial charge is 0.255 e. The maximum Gasteiger partial charge on any atom is 0.255 e. The normalized spacial score (nSPS) is 22.6. The molecule has 0 aromatic heterocycles. The number of ether oxygens (including phenoxy) is 2. The summed E-state index contributed by atoms with van der Waals surface area (Å²) in [5.41, 5.74) is 4.05. The minimum absolute atomic E-state index is 0.00157. The summed E-state index contributed by atoms with van der Waals surface area (Å²) in [5, 5.41) is 0. The number of carbonyl (C=O) groups excluding carboxylic acids is 2. The van der Waals surface area contributed by atoms with Gasteiger partial charge in [-0.05, 0) is 46.9 Å². The van der Waals surface area contributed by atoms with Gasteiger partial charge >= 0.3 is 0 Å². The molecule has 6 nitrogen and oxygen atoms in total. The highest BCUT2D eigenvalue weighted by Gasteiger charge is 2.63. The van der Waals surface area contributed by atoms with Crippen LogP contribution in [0.1, 0.15) is 45.1 Å². The highest BCUT2D eigenvalue weighted by molar-refractivity contribution is 6.02. The monoisotopic (exact) mass is 454 g/mol. The van der Waals surface area contributed by atoms with Crippen LogP contribution in [0.3, 0.4) is 0 Å². The lowest BCUT2D eigenvalue weighted by atomic mass is 9.79. The van der Waals surface area contributed by atoms with Gasteiger partial charge in [0.2, 0.25) is 5.91 Å². The van der Waals surface area contributed by atoms with E-state index < -0.39 is 5.54 Å². The number of nitrogens with zero attached hydrogens (tertiary/aromatic N) is 2. The molecule has 172 valence electrons. The second kappa shape index (κ2) is 7.62. The molecule has 6 heteroatoms. The van der Waals surface area contributed by atoms with Crippen LogP contribution in [0.25, 0.3) is 0 Å². The van der Waals surface area contributed by atoms with Gasteiger partial charge in [0.25, 0.3) is 5.91 Å². The summed E-state index contributed by atoms with van der Waals surface area (Å²) in [4.78, 5) is 31.3. The summed E-state index contributed by atoms with van der Waals surface area (Å²) in [6.07, 6.45) is 0.946. The quantitative estimate of drug-likeness (QED) is 0.596. The first-order valence-corrected chi connectivity index (χ1v) is 11.6. The number of hydrogen-bond acceptors (Lipinski definition) is 4. The zero-order valence-electron chi connectivity index (χ0n) is 19.3. The predicted molar refractivity (Wildman–Crippen MR) is 127 cm³/mol. The van der Waals surface area contributed by atoms with E-state index in [1.807, 2.05) is 76.5 Å². The van der Waals surface area contributed by atoms with Crippen LogP contribution in [-0.4, -0.2) is 42.4 Å². The molecule has 0 unspecified atom stereocenters. The van der Waals surface area contributed by atoms with Gasteiger partial charge in [-0.2, -0.15) is 0 Å². The molecule has 0 radical (unpaired) electrons. The van der Waals surface area contributed by atoms with Crippen LogP contribution in [0.4, 0.5) is 0 Å². The standard InChI is InChI=1S/C28H26N2O4/c1-33-23-14-19-12-13-30-27(32)20-10-6-7-11-22(20)28(30)16-25(31)29(17-18-8-4-3-5-9-18)26(28)21(19)15-24(23)34-2/h3-11,14-15,26H,12-13,16-17H2,1-2H3/t26-,28+/m0/s1. The third kappa shape index (κ3) is 2.74. The number of carbonyl (C=O) groups is 2. The van der Waals surface area contributed by atoms with E-state index in [0.717, 1.165) is 22.3 Å². The van der Waals surface area contributed by atoms with Crippen LogP contribution in [0.2, 0.25) is 0 Å². The molecular weight excluding hydrogens is 428 g/mol.